The van der Waals surface area contributed by atoms with Gasteiger partial charge in [-0.05, 0) is 42.8 Å². The summed E-state index contributed by atoms with van der Waals surface area (Å²) in [6.45, 7) is -1.09. The zero-order valence-corrected chi connectivity index (χ0v) is 15.5. The van der Waals surface area contributed by atoms with Crippen molar-refractivity contribution < 1.29 is 32.6 Å². The van der Waals surface area contributed by atoms with Crippen molar-refractivity contribution in [2.24, 2.45) is 0 Å². The lowest BCUT2D eigenvalue weighted by atomic mass is 10.0. The summed E-state index contributed by atoms with van der Waals surface area (Å²) in [5.41, 5.74) is 0.760. The molecule has 1 atom stereocenters. The minimum atomic E-state index is -2.99. The fourth-order valence-corrected chi connectivity index (χ4v) is 2.55. The van der Waals surface area contributed by atoms with Crippen molar-refractivity contribution in [3.05, 3.63) is 59.7 Å². The summed E-state index contributed by atoms with van der Waals surface area (Å²) in [6, 6.07) is 11.6. The van der Waals surface area contributed by atoms with Gasteiger partial charge in [0.25, 0.3) is 5.91 Å². The molecule has 2 aromatic carbocycles. The number of benzene rings is 2. The van der Waals surface area contributed by atoms with E-state index in [4.69, 9.17) is 9.47 Å². The first-order valence-electron chi connectivity index (χ1n) is 8.58. The Kier molecular flexibility index (Phi) is 7.74. The van der Waals surface area contributed by atoms with Crippen LogP contribution in [0.2, 0.25) is 0 Å². The fraction of sp³-hybridized carbons (Fsp3) is 0.300. The molecule has 2 rings (SSSR count). The molecule has 0 saturated heterocycles. The smallest absolute Gasteiger partial charge is 0.387 e. The van der Waals surface area contributed by atoms with Gasteiger partial charge < -0.3 is 19.5 Å². The second-order valence-electron chi connectivity index (χ2n) is 5.72. The molecule has 0 fully saturated rings. The molecule has 8 heteroatoms. The predicted molar refractivity (Wildman–Crippen MR) is 97.5 cm³/mol. The second kappa shape index (κ2) is 10.2. The van der Waals surface area contributed by atoms with Gasteiger partial charge >= 0.3 is 12.6 Å². The number of nitrogens with one attached hydrogen (secondary N) is 1. The van der Waals surface area contributed by atoms with Crippen LogP contribution in [-0.2, 0) is 9.53 Å². The summed E-state index contributed by atoms with van der Waals surface area (Å²) in [5.74, 6) is -0.596. The maximum absolute atomic E-state index is 12.6. The molecule has 1 amide bonds. The molecule has 0 heterocycles. The fourth-order valence-electron chi connectivity index (χ4n) is 2.55. The topological polar surface area (TPSA) is 73.9 Å². The Bertz CT molecular complexity index is 813. The summed E-state index contributed by atoms with van der Waals surface area (Å²) in [5, 5.41) is 2.73. The average Bonchev–Trinajstić information content (AvgIpc) is 2.67. The second-order valence-corrected chi connectivity index (χ2v) is 5.72. The van der Waals surface area contributed by atoms with Crippen molar-refractivity contribution in [1.82, 2.24) is 5.32 Å². The van der Waals surface area contributed by atoms with E-state index < -0.39 is 24.5 Å². The molecule has 0 radical (unpaired) electrons. The molecular formula is C20H21F2NO5. The Hall–Kier alpha value is -3.16. The number of hydrogen-bond acceptors (Lipinski definition) is 5. The Labute approximate surface area is 161 Å². The van der Waals surface area contributed by atoms with Crippen LogP contribution in [0, 0.1) is 0 Å². The first-order valence-corrected chi connectivity index (χ1v) is 8.58. The van der Waals surface area contributed by atoms with Gasteiger partial charge in [0.05, 0.1) is 26.2 Å². The quantitative estimate of drug-likeness (QED) is 0.658. The Morgan fingerprint density at radius 3 is 2.46 bits per heavy atom. The number of methoxy groups -OCH3 is 1. The van der Waals surface area contributed by atoms with Gasteiger partial charge in [0.15, 0.2) is 0 Å². The molecule has 0 saturated carbocycles. The minimum Gasteiger partial charge on any atom is -0.497 e. The first-order chi connectivity index (χ1) is 13.4. The Morgan fingerprint density at radius 2 is 1.79 bits per heavy atom. The van der Waals surface area contributed by atoms with Crippen LogP contribution in [0.5, 0.6) is 11.5 Å². The SMILES string of the molecule is CCOC(=O)C[C@@H](NC(=O)c1cccc(OC(F)F)c1)c1cccc(OC)c1. The van der Waals surface area contributed by atoms with E-state index in [-0.39, 0.29) is 24.3 Å². The van der Waals surface area contributed by atoms with Crippen LogP contribution in [0.25, 0.3) is 0 Å². The van der Waals surface area contributed by atoms with Gasteiger partial charge in [0, 0.05) is 5.56 Å². The number of carbonyl (C=O) groups is 2. The van der Waals surface area contributed by atoms with E-state index in [2.05, 4.69) is 10.1 Å². The lowest BCUT2D eigenvalue weighted by Gasteiger charge is -2.19. The number of ether oxygens (including phenoxy) is 3. The summed E-state index contributed by atoms with van der Waals surface area (Å²) < 4.78 is 39.2. The Morgan fingerprint density at radius 1 is 1.07 bits per heavy atom. The maximum Gasteiger partial charge on any atom is 0.387 e. The van der Waals surface area contributed by atoms with Crippen LogP contribution in [-0.4, -0.2) is 32.2 Å². The average molecular weight is 393 g/mol. The molecule has 0 aliphatic carbocycles. The van der Waals surface area contributed by atoms with Gasteiger partial charge in [-0.25, -0.2) is 0 Å². The third-order valence-corrected chi connectivity index (χ3v) is 3.80. The van der Waals surface area contributed by atoms with Crippen molar-refractivity contribution in [2.75, 3.05) is 13.7 Å². The number of rotatable bonds is 9. The van der Waals surface area contributed by atoms with Crippen molar-refractivity contribution in [3.63, 3.8) is 0 Å². The molecule has 0 aromatic heterocycles. The van der Waals surface area contributed by atoms with Crippen molar-refractivity contribution >= 4 is 11.9 Å². The van der Waals surface area contributed by atoms with Crippen LogP contribution >= 0.6 is 0 Å². The Balaban J connectivity index is 2.23. The van der Waals surface area contributed by atoms with Gasteiger partial charge in [0.2, 0.25) is 0 Å². The van der Waals surface area contributed by atoms with E-state index in [9.17, 15) is 18.4 Å². The van der Waals surface area contributed by atoms with Crippen molar-refractivity contribution in [1.29, 1.82) is 0 Å². The number of hydrogen-bond donors (Lipinski definition) is 1. The summed E-state index contributed by atoms with van der Waals surface area (Å²) in [6.07, 6.45) is -0.0972. The molecule has 150 valence electrons. The first kappa shape index (κ1) is 21.1. The molecule has 1 N–H and O–H groups in total. The third kappa shape index (κ3) is 6.22. The predicted octanol–water partition coefficient (Wildman–Crippen LogP) is 3.72. The van der Waals surface area contributed by atoms with Gasteiger partial charge in [-0.1, -0.05) is 18.2 Å². The van der Waals surface area contributed by atoms with Gasteiger partial charge in [-0.2, -0.15) is 8.78 Å². The van der Waals surface area contributed by atoms with Crippen LogP contribution in [0.1, 0.15) is 35.3 Å². The van der Waals surface area contributed by atoms with E-state index in [0.29, 0.717) is 11.3 Å². The largest absolute Gasteiger partial charge is 0.497 e. The molecule has 0 aliphatic rings. The molecule has 0 bridgehead atoms. The highest BCUT2D eigenvalue weighted by Crippen LogP contribution is 2.23. The highest BCUT2D eigenvalue weighted by Gasteiger charge is 2.21. The summed E-state index contributed by atoms with van der Waals surface area (Å²) >= 11 is 0. The van der Waals surface area contributed by atoms with Gasteiger partial charge in [-0.15, -0.1) is 0 Å². The normalized spacial score (nSPS) is 11.6. The molecule has 0 spiro atoms. The van der Waals surface area contributed by atoms with Gasteiger partial charge in [-0.3, -0.25) is 9.59 Å². The zero-order valence-electron chi connectivity index (χ0n) is 15.5. The van der Waals surface area contributed by atoms with E-state index in [1.807, 2.05) is 0 Å². The van der Waals surface area contributed by atoms with Crippen LogP contribution in [0.3, 0.4) is 0 Å². The summed E-state index contributed by atoms with van der Waals surface area (Å²) in [7, 11) is 1.51. The van der Waals surface area contributed by atoms with E-state index in [0.717, 1.165) is 0 Å². The monoisotopic (exact) mass is 393 g/mol. The lowest BCUT2D eigenvalue weighted by molar-refractivity contribution is -0.143. The van der Waals surface area contributed by atoms with E-state index in [1.54, 1.807) is 31.2 Å². The molecule has 28 heavy (non-hydrogen) atoms. The van der Waals surface area contributed by atoms with Crippen LogP contribution < -0.4 is 14.8 Å². The molecule has 0 unspecified atom stereocenters. The molecule has 6 nitrogen and oxygen atoms in total. The maximum atomic E-state index is 12.6. The summed E-state index contributed by atoms with van der Waals surface area (Å²) in [4.78, 5) is 24.6. The lowest BCUT2D eigenvalue weighted by Crippen LogP contribution is -2.30. The van der Waals surface area contributed by atoms with Crippen LogP contribution in [0.4, 0.5) is 8.78 Å². The number of carbonyl (C=O) groups excluding carboxylic acids is 2. The molecular weight excluding hydrogens is 372 g/mol. The number of halogens is 2. The third-order valence-electron chi connectivity index (χ3n) is 3.80. The molecule has 2 aromatic rings. The van der Waals surface area contributed by atoms with E-state index in [1.165, 1.54) is 31.4 Å². The van der Waals surface area contributed by atoms with Crippen molar-refractivity contribution in [2.45, 2.75) is 26.0 Å². The standard InChI is InChI=1S/C20H21F2NO5/c1-3-27-18(24)12-17(13-6-4-8-15(10-13)26-2)23-19(25)14-7-5-9-16(11-14)28-20(21)22/h4-11,17,20H,3,12H2,1-2H3,(H,23,25)/t17-/m1/s1. The van der Waals surface area contributed by atoms with Gasteiger partial charge in [0.1, 0.15) is 11.5 Å². The number of amides is 1. The number of esters is 1. The highest BCUT2D eigenvalue weighted by atomic mass is 19.3. The van der Waals surface area contributed by atoms with Crippen LogP contribution in [0.15, 0.2) is 48.5 Å². The zero-order chi connectivity index (χ0) is 20.5. The molecule has 0 aliphatic heterocycles. The highest BCUT2D eigenvalue weighted by molar-refractivity contribution is 5.95. The van der Waals surface area contributed by atoms with E-state index >= 15 is 0 Å². The van der Waals surface area contributed by atoms with Crippen molar-refractivity contribution in [3.8, 4) is 11.5 Å². The minimum absolute atomic E-state index is 0.0972. The number of alkyl halides is 2.